The molecule has 1 fully saturated rings. The predicted octanol–water partition coefficient (Wildman–Crippen LogP) is -0.249. The molecular formula is C16H17BN4O6. The van der Waals surface area contributed by atoms with Gasteiger partial charge in [0.15, 0.2) is 0 Å². The normalized spacial score (nSPS) is 16.3. The SMILES string of the molecule is O=C(O)c1c(OC2CN(C(=O)Cc3cn[nH]n3)C2)ccc2c1OB(O)CC2. The Morgan fingerprint density at radius 3 is 2.93 bits per heavy atom. The monoisotopic (exact) mass is 372 g/mol. The first-order valence-corrected chi connectivity index (χ1v) is 8.54. The molecule has 10 nitrogen and oxygen atoms in total. The molecule has 3 N–H and O–H groups in total. The topological polar surface area (TPSA) is 138 Å². The van der Waals surface area contributed by atoms with Crippen molar-refractivity contribution < 1.29 is 29.1 Å². The molecule has 0 unspecified atom stereocenters. The molecule has 1 aromatic heterocycles. The Balaban J connectivity index is 1.43. The second-order valence-corrected chi connectivity index (χ2v) is 6.52. The highest BCUT2D eigenvalue weighted by Gasteiger charge is 2.35. The fourth-order valence-corrected chi connectivity index (χ4v) is 3.19. The summed E-state index contributed by atoms with van der Waals surface area (Å²) in [5, 5.41) is 29.2. The van der Waals surface area contributed by atoms with E-state index in [0.717, 1.165) is 5.56 Å². The minimum atomic E-state index is -1.19. The zero-order chi connectivity index (χ0) is 19.0. The van der Waals surface area contributed by atoms with E-state index >= 15 is 0 Å². The lowest BCUT2D eigenvalue weighted by atomic mass is 9.78. The zero-order valence-electron chi connectivity index (χ0n) is 14.3. The van der Waals surface area contributed by atoms with Gasteiger partial charge in [0.05, 0.1) is 31.4 Å². The number of nitrogens with one attached hydrogen (secondary N) is 1. The van der Waals surface area contributed by atoms with Crippen LogP contribution >= 0.6 is 0 Å². The van der Waals surface area contributed by atoms with Crippen LogP contribution < -0.4 is 9.39 Å². The van der Waals surface area contributed by atoms with Gasteiger partial charge in [0.1, 0.15) is 23.2 Å². The third kappa shape index (κ3) is 3.45. The zero-order valence-corrected chi connectivity index (χ0v) is 14.3. The van der Waals surface area contributed by atoms with Gasteiger partial charge < -0.3 is 24.4 Å². The van der Waals surface area contributed by atoms with E-state index in [1.165, 1.54) is 6.20 Å². The molecule has 0 atom stereocenters. The van der Waals surface area contributed by atoms with Gasteiger partial charge in [-0.2, -0.15) is 15.4 Å². The molecule has 2 aromatic rings. The van der Waals surface area contributed by atoms with Crippen LogP contribution in [0.15, 0.2) is 18.3 Å². The lowest BCUT2D eigenvalue weighted by molar-refractivity contribution is -0.139. The average molecular weight is 372 g/mol. The largest absolute Gasteiger partial charge is 0.535 e. The number of hydrogen-bond acceptors (Lipinski definition) is 7. The van der Waals surface area contributed by atoms with Gasteiger partial charge in [-0.15, -0.1) is 0 Å². The molecule has 2 aliphatic heterocycles. The summed E-state index contributed by atoms with van der Waals surface area (Å²) in [6, 6.07) is 3.35. The van der Waals surface area contributed by atoms with E-state index in [1.807, 2.05) is 0 Å². The first kappa shape index (κ1) is 17.3. The van der Waals surface area contributed by atoms with Crippen LogP contribution in [0.5, 0.6) is 11.5 Å². The van der Waals surface area contributed by atoms with Crippen molar-refractivity contribution in [3.8, 4) is 11.5 Å². The van der Waals surface area contributed by atoms with Crippen LogP contribution in [-0.4, -0.2) is 68.6 Å². The number of benzene rings is 1. The van der Waals surface area contributed by atoms with E-state index in [-0.39, 0.29) is 35.5 Å². The average Bonchev–Trinajstić information content (AvgIpc) is 3.09. The van der Waals surface area contributed by atoms with Crippen LogP contribution in [0.2, 0.25) is 6.32 Å². The Morgan fingerprint density at radius 1 is 1.41 bits per heavy atom. The highest BCUT2D eigenvalue weighted by atomic mass is 16.5. The number of carbonyl (C=O) groups excluding carboxylic acids is 1. The van der Waals surface area contributed by atoms with Gasteiger partial charge in [0.2, 0.25) is 5.91 Å². The number of rotatable bonds is 5. The molecule has 1 saturated heterocycles. The lowest BCUT2D eigenvalue weighted by Gasteiger charge is -2.39. The number of carboxylic acids is 1. The van der Waals surface area contributed by atoms with Crippen LogP contribution in [0.1, 0.15) is 21.6 Å². The summed E-state index contributed by atoms with van der Waals surface area (Å²) in [7, 11) is -1.03. The molecule has 1 amide bonds. The van der Waals surface area contributed by atoms with Crippen molar-refractivity contribution in [1.82, 2.24) is 20.3 Å². The number of nitrogens with zero attached hydrogens (tertiary/aromatic N) is 3. The third-order valence-corrected chi connectivity index (χ3v) is 4.62. The number of aromatic carboxylic acids is 1. The van der Waals surface area contributed by atoms with Crippen molar-refractivity contribution in [2.75, 3.05) is 13.1 Å². The summed E-state index contributed by atoms with van der Waals surface area (Å²) in [6.45, 7) is 0.715. The second-order valence-electron chi connectivity index (χ2n) is 6.52. The Bertz CT molecular complexity index is 868. The van der Waals surface area contributed by atoms with Gasteiger partial charge >= 0.3 is 13.1 Å². The van der Waals surface area contributed by atoms with Gasteiger partial charge in [0, 0.05) is 0 Å². The van der Waals surface area contributed by atoms with Crippen molar-refractivity contribution in [3.05, 3.63) is 35.2 Å². The quantitative estimate of drug-likeness (QED) is 0.611. The molecule has 0 radical (unpaired) electrons. The van der Waals surface area contributed by atoms with Crippen molar-refractivity contribution in [2.45, 2.75) is 25.3 Å². The lowest BCUT2D eigenvalue weighted by Crippen LogP contribution is -2.56. The maximum atomic E-state index is 12.1. The number of hydrogen-bond donors (Lipinski definition) is 3. The van der Waals surface area contributed by atoms with Crippen LogP contribution in [0.3, 0.4) is 0 Å². The number of carbonyl (C=O) groups is 2. The first-order valence-electron chi connectivity index (χ1n) is 8.54. The highest BCUT2D eigenvalue weighted by Crippen LogP contribution is 2.37. The van der Waals surface area contributed by atoms with E-state index < -0.39 is 13.1 Å². The van der Waals surface area contributed by atoms with Crippen molar-refractivity contribution in [3.63, 3.8) is 0 Å². The Hall–Kier alpha value is -3.08. The summed E-state index contributed by atoms with van der Waals surface area (Å²) in [6.07, 6.45) is 2.28. The summed E-state index contributed by atoms with van der Waals surface area (Å²) >= 11 is 0. The number of H-pyrrole nitrogens is 1. The summed E-state index contributed by atoms with van der Waals surface area (Å²) in [5.74, 6) is -0.964. The molecule has 0 spiro atoms. The summed E-state index contributed by atoms with van der Waals surface area (Å²) < 4.78 is 11.1. The first-order chi connectivity index (χ1) is 13.0. The van der Waals surface area contributed by atoms with Crippen molar-refractivity contribution in [2.24, 2.45) is 0 Å². The summed E-state index contributed by atoms with van der Waals surface area (Å²) in [4.78, 5) is 25.5. The Labute approximate surface area is 154 Å². The van der Waals surface area contributed by atoms with E-state index in [9.17, 15) is 19.7 Å². The number of aromatic amines is 1. The molecule has 0 saturated carbocycles. The molecule has 2 aliphatic rings. The molecule has 3 heterocycles. The number of aryl methyl sites for hydroxylation is 1. The molecule has 1 aromatic carbocycles. The van der Waals surface area contributed by atoms with Gasteiger partial charge in [-0.25, -0.2) is 4.79 Å². The number of fused-ring (bicyclic) bond motifs is 1. The van der Waals surface area contributed by atoms with Crippen LogP contribution in [-0.2, 0) is 17.6 Å². The number of likely N-dealkylation sites (tertiary alicyclic amines) is 1. The van der Waals surface area contributed by atoms with Crippen molar-refractivity contribution in [1.29, 1.82) is 0 Å². The van der Waals surface area contributed by atoms with Gasteiger partial charge in [-0.1, -0.05) is 6.07 Å². The van der Waals surface area contributed by atoms with Crippen molar-refractivity contribution >= 4 is 19.0 Å². The molecular weight excluding hydrogens is 355 g/mol. The maximum Gasteiger partial charge on any atom is 0.522 e. The number of aromatic nitrogens is 3. The molecule has 0 bridgehead atoms. The fraction of sp³-hybridized carbons (Fsp3) is 0.375. The van der Waals surface area contributed by atoms with Crippen LogP contribution in [0.25, 0.3) is 0 Å². The molecule has 0 aliphatic carbocycles. The van der Waals surface area contributed by atoms with E-state index in [0.29, 0.717) is 31.5 Å². The standard InChI is InChI=1S/C16H17BN4O6/c22-13(5-10-6-18-20-19-10)21-7-11(8-21)26-12-2-1-9-3-4-17(25)27-15(9)14(12)16(23)24/h1-2,6,11,25H,3-5,7-8H2,(H,23,24)(H,18,19,20). The van der Waals surface area contributed by atoms with Gasteiger partial charge in [0.25, 0.3) is 0 Å². The number of amides is 1. The van der Waals surface area contributed by atoms with Crippen LogP contribution in [0.4, 0.5) is 0 Å². The molecule has 11 heteroatoms. The van der Waals surface area contributed by atoms with Gasteiger partial charge in [-0.3, -0.25) is 4.79 Å². The second kappa shape index (κ2) is 6.91. The third-order valence-electron chi connectivity index (χ3n) is 4.62. The maximum absolute atomic E-state index is 12.1. The van der Waals surface area contributed by atoms with Crippen LogP contribution in [0, 0.1) is 0 Å². The molecule has 4 rings (SSSR count). The molecule has 27 heavy (non-hydrogen) atoms. The fourth-order valence-electron chi connectivity index (χ4n) is 3.19. The summed E-state index contributed by atoms with van der Waals surface area (Å²) in [5.41, 5.74) is 1.18. The predicted molar refractivity (Wildman–Crippen MR) is 91.6 cm³/mol. The number of ether oxygens (including phenoxy) is 1. The number of carboxylic acid groups (broad SMARTS) is 1. The molecule has 140 valence electrons. The highest BCUT2D eigenvalue weighted by molar-refractivity contribution is 6.44. The van der Waals surface area contributed by atoms with E-state index in [1.54, 1.807) is 17.0 Å². The Morgan fingerprint density at radius 2 is 2.22 bits per heavy atom. The Kier molecular flexibility index (Phi) is 4.44. The van der Waals surface area contributed by atoms with E-state index in [4.69, 9.17) is 9.39 Å². The minimum Gasteiger partial charge on any atom is -0.535 e. The van der Waals surface area contributed by atoms with E-state index in [2.05, 4.69) is 15.4 Å². The minimum absolute atomic E-state index is 0.0981. The van der Waals surface area contributed by atoms with Gasteiger partial charge in [-0.05, 0) is 24.4 Å². The smallest absolute Gasteiger partial charge is 0.522 e.